The van der Waals surface area contributed by atoms with Crippen LogP contribution in [0.3, 0.4) is 0 Å². The molecule has 2 N–H and O–H groups in total. The van der Waals surface area contributed by atoms with Crippen LogP contribution < -0.4 is 10.6 Å². The van der Waals surface area contributed by atoms with E-state index in [1.54, 1.807) is 27.7 Å². The molecule has 9 heteroatoms. The summed E-state index contributed by atoms with van der Waals surface area (Å²) < 4.78 is 39.8. The zero-order valence-corrected chi connectivity index (χ0v) is 18.9. The molecule has 0 aromatic heterocycles. The van der Waals surface area contributed by atoms with Crippen LogP contribution in [0.2, 0.25) is 0 Å². The van der Waals surface area contributed by atoms with Crippen LogP contribution in [-0.2, 0) is 14.8 Å². The standard InChI is InChI=1S/C22H28FN3O4S/c1-5-26(6-2)31(29,30)19-9-7-8-16(14-19)21(27)25-20(15(3)4)22(28)24-18-12-10-17(23)11-13-18/h7-15,20H,5-6H2,1-4H3,(H,24,28)(H,25,27)/t20-/m0/s1. The highest BCUT2D eigenvalue weighted by atomic mass is 32.2. The van der Waals surface area contributed by atoms with E-state index in [0.717, 1.165) is 0 Å². The predicted molar refractivity (Wildman–Crippen MR) is 118 cm³/mol. The van der Waals surface area contributed by atoms with Gasteiger partial charge in [-0.3, -0.25) is 9.59 Å². The monoisotopic (exact) mass is 449 g/mol. The van der Waals surface area contributed by atoms with E-state index in [-0.39, 0.29) is 16.4 Å². The van der Waals surface area contributed by atoms with Gasteiger partial charge in [0.05, 0.1) is 4.90 Å². The van der Waals surface area contributed by atoms with Gasteiger partial charge in [-0.15, -0.1) is 0 Å². The van der Waals surface area contributed by atoms with Crippen molar-refractivity contribution in [3.63, 3.8) is 0 Å². The Bertz CT molecular complexity index is 1020. The summed E-state index contributed by atoms with van der Waals surface area (Å²) in [5, 5.41) is 5.32. The lowest BCUT2D eigenvalue weighted by molar-refractivity contribution is -0.118. The summed E-state index contributed by atoms with van der Waals surface area (Å²) in [5.41, 5.74) is 0.534. The van der Waals surface area contributed by atoms with Crippen molar-refractivity contribution >= 4 is 27.5 Å². The van der Waals surface area contributed by atoms with Crippen molar-refractivity contribution in [3.8, 4) is 0 Å². The third-order valence-electron chi connectivity index (χ3n) is 4.79. The van der Waals surface area contributed by atoms with Crippen molar-refractivity contribution in [1.82, 2.24) is 9.62 Å². The van der Waals surface area contributed by atoms with Crippen LogP contribution in [0, 0.1) is 11.7 Å². The summed E-state index contributed by atoms with van der Waals surface area (Å²) in [6, 6.07) is 10.1. The lowest BCUT2D eigenvalue weighted by atomic mass is 10.0. The topological polar surface area (TPSA) is 95.6 Å². The second-order valence-electron chi connectivity index (χ2n) is 7.31. The summed E-state index contributed by atoms with van der Waals surface area (Å²) >= 11 is 0. The molecule has 0 spiro atoms. The van der Waals surface area contributed by atoms with Gasteiger partial charge in [-0.2, -0.15) is 4.31 Å². The number of nitrogens with zero attached hydrogens (tertiary/aromatic N) is 1. The summed E-state index contributed by atoms with van der Waals surface area (Å²) in [4.78, 5) is 25.5. The first-order valence-corrected chi connectivity index (χ1v) is 11.5. The quantitative estimate of drug-likeness (QED) is 0.614. The molecule has 168 valence electrons. The van der Waals surface area contributed by atoms with Gasteiger partial charge in [0.2, 0.25) is 15.9 Å². The average Bonchev–Trinajstić information content (AvgIpc) is 2.74. The molecule has 0 heterocycles. The molecule has 7 nitrogen and oxygen atoms in total. The Morgan fingerprint density at radius 1 is 1.03 bits per heavy atom. The molecule has 0 aliphatic carbocycles. The second-order valence-corrected chi connectivity index (χ2v) is 9.25. The Morgan fingerprint density at radius 3 is 2.19 bits per heavy atom. The van der Waals surface area contributed by atoms with E-state index in [9.17, 15) is 22.4 Å². The molecule has 0 saturated heterocycles. The van der Waals surface area contributed by atoms with Crippen LogP contribution in [0.15, 0.2) is 53.4 Å². The number of benzene rings is 2. The van der Waals surface area contributed by atoms with Gasteiger partial charge in [0.1, 0.15) is 11.9 Å². The normalized spacial score (nSPS) is 12.6. The number of rotatable bonds is 9. The molecule has 0 aliphatic heterocycles. The van der Waals surface area contributed by atoms with Crippen molar-refractivity contribution < 1.29 is 22.4 Å². The van der Waals surface area contributed by atoms with Crippen molar-refractivity contribution in [2.45, 2.75) is 38.6 Å². The molecule has 2 aromatic carbocycles. The van der Waals surface area contributed by atoms with E-state index >= 15 is 0 Å². The van der Waals surface area contributed by atoms with Crippen LogP contribution in [0.5, 0.6) is 0 Å². The number of carbonyl (C=O) groups is 2. The highest BCUT2D eigenvalue weighted by Gasteiger charge is 2.26. The highest BCUT2D eigenvalue weighted by Crippen LogP contribution is 2.18. The molecule has 0 aliphatic rings. The molecule has 2 amide bonds. The Balaban J connectivity index is 2.21. The van der Waals surface area contributed by atoms with Crippen LogP contribution >= 0.6 is 0 Å². The first kappa shape index (κ1) is 24.5. The van der Waals surface area contributed by atoms with Crippen molar-refractivity contribution in [1.29, 1.82) is 0 Å². The Morgan fingerprint density at radius 2 is 1.65 bits per heavy atom. The highest BCUT2D eigenvalue weighted by molar-refractivity contribution is 7.89. The van der Waals surface area contributed by atoms with E-state index in [1.165, 1.54) is 52.8 Å². The number of halogens is 1. The summed E-state index contributed by atoms with van der Waals surface area (Å²) in [7, 11) is -3.72. The van der Waals surface area contributed by atoms with Crippen LogP contribution in [0.4, 0.5) is 10.1 Å². The lowest BCUT2D eigenvalue weighted by Crippen LogP contribution is -2.47. The van der Waals surface area contributed by atoms with Gasteiger partial charge in [-0.25, -0.2) is 12.8 Å². The van der Waals surface area contributed by atoms with Gasteiger partial charge in [-0.05, 0) is 48.4 Å². The molecular formula is C22H28FN3O4S. The summed E-state index contributed by atoms with van der Waals surface area (Å²) in [6.07, 6.45) is 0. The largest absolute Gasteiger partial charge is 0.340 e. The fourth-order valence-electron chi connectivity index (χ4n) is 3.02. The minimum absolute atomic E-state index is 0.0145. The number of hydrogen-bond acceptors (Lipinski definition) is 4. The van der Waals surface area contributed by atoms with Gasteiger partial charge in [-0.1, -0.05) is 33.8 Å². The van der Waals surface area contributed by atoms with Crippen LogP contribution in [-0.4, -0.2) is 43.7 Å². The number of hydrogen-bond donors (Lipinski definition) is 2. The van der Waals surface area contributed by atoms with Crippen molar-refractivity contribution in [2.24, 2.45) is 5.92 Å². The minimum Gasteiger partial charge on any atom is -0.340 e. The van der Waals surface area contributed by atoms with E-state index in [2.05, 4.69) is 10.6 Å². The molecule has 0 radical (unpaired) electrons. The van der Waals surface area contributed by atoms with E-state index in [0.29, 0.717) is 18.8 Å². The summed E-state index contributed by atoms with van der Waals surface area (Å²) in [5.74, 6) is -1.69. The smallest absolute Gasteiger partial charge is 0.251 e. The molecular weight excluding hydrogens is 421 g/mol. The van der Waals surface area contributed by atoms with E-state index < -0.39 is 33.7 Å². The number of nitrogens with one attached hydrogen (secondary N) is 2. The fourth-order valence-corrected chi connectivity index (χ4v) is 4.53. The first-order valence-electron chi connectivity index (χ1n) is 10.1. The number of carbonyl (C=O) groups excluding carboxylic acids is 2. The third kappa shape index (κ3) is 6.11. The molecule has 0 bridgehead atoms. The zero-order valence-electron chi connectivity index (χ0n) is 18.1. The number of amides is 2. The third-order valence-corrected chi connectivity index (χ3v) is 6.83. The SMILES string of the molecule is CCN(CC)S(=O)(=O)c1cccc(C(=O)N[C@H](C(=O)Nc2ccc(F)cc2)C(C)C)c1. The predicted octanol–water partition coefficient (Wildman–Crippen LogP) is 3.25. The maximum Gasteiger partial charge on any atom is 0.251 e. The Kier molecular flexibility index (Phi) is 8.29. The van der Waals surface area contributed by atoms with Crippen LogP contribution in [0.1, 0.15) is 38.1 Å². The fraction of sp³-hybridized carbons (Fsp3) is 0.364. The molecule has 2 aromatic rings. The first-order chi connectivity index (χ1) is 14.6. The lowest BCUT2D eigenvalue weighted by Gasteiger charge is -2.22. The molecule has 2 rings (SSSR count). The molecule has 1 atom stereocenters. The van der Waals surface area contributed by atoms with Gasteiger partial charge in [0, 0.05) is 24.3 Å². The van der Waals surface area contributed by atoms with Gasteiger partial charge >= 0.3 is 0 Å². The minimum atomic E-state index is -3.72. The van der Waals surface area contributed by atoms with Gasteiger partial charge < -0.3 is 10.6 Å². The van der Waals surface area contributed by atoms with E-state index in [4.69, 9.17) is 0 Å². The Hall–Kier alpha value is -2.78. The van der Waals surface area contributed by atoms with Gasteiger partial charge in [0.15, 0.2) is 0 Å². The number of anilines is 1. The maximum atomic E-state index is 13.1. The Labute approximate surface area is 182 Å². The molecule has 0 unspecified atom stereocenters. The maximum absolute atomic E-state index is 13.1. The van der Waals surface area contributed by atoms with Crippen molar-refractivity contribution in [2.75, 3.05) is 18.4 Å². The molecule has 0 fully saturated rings. The molecule has 0 saturated carbocycles. The van der Waals surface area contributed by atoms with E-state index in [1.807, 2.05) is 0 Å². The molecule has 31 heavy (non-hydrogen) atoms. The second kappa shape index (κ2) is 10.5. The van der Waals surface area contributed by atoms with Crippen molar-refractivity contribution in [3.05, 3.63) is 59.9 Å². The summed E-state index contributed by atoms with van der Waals surface area (Å²) in [6.45, 7) is 7.66. The zero-order chi connectivity index (χ0) is 23.2. The van der Waals surface area contributed by atoms with Crippen LogP contribution in [0.25, 0.3) is 0 Å². The number of sulfonamides is 1. The van der Waals surface area contributed by atoms with Gasteiger partial charge in [0.25, 0.3) is 5.91 Å². The average molecular weight is 450 g/mol.